The maximum atomic E-state index is 12.0. The van der Waals surface area contributed by atoms with Gasteiger partial charge >= 0.3 is 0 Å². The van der Waals surface area contributed by atoms with Crippen LogP contribution in [0.5, 0.6) is 0 Å². The molecule has 0 bridgehead atoms. The van der Waals surface area contributed by atoms with Gasteiger partial charge in [-0.1, -0.05) is 18.2 Å². The summed E-state index contributed by atoms with van der Waals surface area (Å²) >= 11 is 0. The van der Waals surface area contributed by atoms with Gasteiger partial charge in [0, 0.05) is 0 Å². The van der Waals surface area contributed by atoms with Crippen LogP contribution < -0.4 is 0 Å². The lowest BCUT2D eigenvalue weighted by molar-refractivity contribution is -0.115. The summed E-state index contributed by atoms with van der Waals surface area (Å²) in [5.41, 5.74) is -1.28. The molecule has 0 aliphatic carbocycles. The Kier molecular flexibility index (Phi) is 3.90. The van der Waals surface area contributed by atoms with Crippen LogP contribution in [0.1, 0.15) is 13.8 Å². The summed E-state index contributed by atoms with van der Waals surface area (Å²) < 4.78 is 24.6. The van der Waals surface area contributed by atoms with Crippen molar-refractivity contribution in [3.63, 3.8) is 0 Å². The van der Waals surface area contributed by atoms with Crippen LogP contribution in [0.2, 0.25) is 0 Å². The molecule has 1 rings (SSSR count). The lowest BCUT2D eigenvalue weighted by Crippen LogP contribution is -2.41. The first-order valence-corrected chi connectivity index (χ1v) is 6.46. The Morgan fingerprint density at radius 2 is 1.82 bits per heavy atom. The Bertz CT molecular complexity index is 476. The number of rotatable bonds is 5. The fourth-order valence-electron chi connectivity index (χ4n) is 1.29. The fourth-order valence-corrected chi connectivity index (χ4v) is 2.66. The minimum Gasteiger partial charge on any atom is -0.389 e. The highest BCUT2D eigenvalue weighted by atomic mass is 32.2. The number of nitrogens with zero attached hydrogens (tertiary/aromatic N) is 1. The molecule has 0 saturated heterocycles. The number of carbonyl (C=O) groups is 1. The van der Waals surface area contributed by atoms with Crippen molar-refractivity contribution in [1.29, 1.82) is 0 Å². The molecule has 0 atom stereocenters. The number of hydrogen-bond acceptors (Lipinski definition) is 4. The zero-order valence-corrected chi connectivity index (χ0v) is 10.5. The Morgan fingerprint density at radius 1 is 1.29 bits per heavy atom. The molecular formula is C11H15NO4S. The van der Waals surface area contributed by atoms with Crippen LogP contribution in [-0.2, 0) is 14.8 Å². The van der Waals surface area contributed by atoms with Crippen molar-refractivity contribution in [3.8, 4) is 0 Å². The van der Waals surface area contributed by atoms with Gasteiger partial charge in [0.1, 0.15) is 0 Å². The van der Waals surface area contributed by atoms with E-state index in [0.717, 1.165) is 0 Å². The van der Waals surface area contributed by atoms with Crippen molar-refractivity contribution in [2.75, 3.05) is 6.54 Å². The summed E-state index contributed by atoms with van der Waals surface area (Å²) in [5.74, 6) is 0. The summed E-state index contributed by atoms with van der Waals surface area (Å²) in [6, 6.07) is 7.62. The molecular weight excluding hydrogens is 242 g/mol. The van der Waals surface area contributed by atoms with Gasteiger partial charge in [0.05, 0.1) is 17.0 Å². The van der Waals surface area contributed by atoms with Crippen molar-refractivity contribution in [2.24, 2.45) is 0 Å². The molecule has 17 heavy (non-hydrogen) atoms. The predicted octanol–water partition coefficient (Wildman–Crippen LogP) is 0.605. The van der Waals surface area contributed by atoms with E-state index in [2.05, 4.69) is 0 Å². The number of carbonyl (C=O) groups excluding carboxylic acids is 1. The normalized spacial score (nSPS) is 12.2. The molecule has 1 N–H and O–H groups in total. The predicted molar refractivity (Wildman–Crippen MR) is 62.7 cm³/mol. The summed E-state index contributed by atoms with van der Waals surface area (Å²) in [6.45, 7) is 2.59. The number of sulfonamides is 1. The average Bonchev–Trinajstić information content (AvgIpc) is 2.25. The molecule has 94 valence electrons. The molecule has 0 aliphatic rings. The third-order valence-corrected chi connectivity index (χ3v) is 3.71. The van der Waals surface area contributed by atoms with Crippen molar-refractivity contribution in [2.45, 2.75) is 24.3 Å². The van der Waals surface area contributed by atoms with Gasteiger partial charge in [0.25, 0.3) is 10.0 Å². The van der Waals surface area contributed by atoms with Crippen molar-refractivity contribution >= 4 is 16.4 Å². The molecule has 0 aliphatic heterocycles. The van der Waals surface area contributed by atoms with Crippen LogP contribution in [0.4, 0.5) is 0 Å². The van der Waals surface area contributed by atoms with Crippen molar-refractivity contribution in [1.82, 2.24) is 4.31 Å². The van der Waals surface area contributed by atoms with Crippen LogP contribution in [0.15, 0.2) is 35.2 Å². The van der Waals surface area contributed by atoms with Crippen molar-refractivity contribution in [3.05, 3.63) is 30.3 Å². The van der Waals surface area contributed by atoms with E-state index in [9.17, 15) is 18.3 Å². The smallest absolute Gasteiger partial charge is 0.266 e. The SMILES string of the molecule is CC(C)(O)CN(C=O)S(=O)(=O)c1ccccc1. The Morgan fingerprint density at radius 3 is 2.24 bits per heavy atom. The zero-order valence-electron chi connectivity index (χ0n) is 9.70. The first kappa shape index (κ1) is 13.7. The van der Waals surface area contributed by atoms with Gasteiger partial charge < -0.3 is 5.11 Å². The number of benzene rings is 1. The Hall–Kier alpha value is -1.40. The van der Waals surface area contributed by atoms with Crippen LogP contribution in [0, 0.1) is 0 Å². The van der Waals surface area contributed by atoms with E-state index in [0.29, 0.717) is 4.31 Å². The second-order valence-corrected chi connectivity index (χ2v) is 6.17. The van der Waals surface area contributed by atoms with Crippen LogP contribution in [0.25, 0.3) is 0 Å². The van der Waals surface area contributed by atoms with Crippen molar-refractivity contribution < 1.29 is 18.3 Å². The highest BCUT2D eigenvalue weighted by Crippen LogP contribution is 2.16. The standard InChI is InChI=1S/C11H15NO4S/c1-11(2,14)8-12(9-13)17(15,16)10-6-4-3-5-7-10/h3-7,9,14H,8H2,1-2H3. The maximum absolute atomic E-state index is 12.0. The van der Waals surface area contributed by atoms with Gasteiger partial charge in [-0.05, 0) is 26.0 Å². The molecule has 1 amide bonds. The van der Waals surface area contributed by atoms with Gasteiger partial charge in [0.15, 0.2) is 0 Å². The maximum Gasteiger partial charge on any atom is 0.266 e. The van der Waals surface area contributed by atoms with Crippen LogP contribution >= 0.6 is 0 Å². The van der Waals surface area contributed by atoms with E-state index >= 15 is 0 Å². The second kappa shape index (κ2) is 4.85. The highest BCUT2D eigenvalue weighted by molar-refractivity contribution is 7.89. The van der Waals surface area contributed by atoms with E-state index in [4.69, 9.17) is 0 Å². The van der Waals surface area contributed by atoms with Gasteiger partial charge in [0.2, 0.25) is 6.41 Å². The molecule has 0 saturated carbocycles. The molecule has 6 heteroatoms. The molecule has 0 fully saturated rings. The molecule has 1 aromatic carbocycles. The fraction of sp³-hybridized carbons (Fsp3) is 0.364. The summed E-state index contributed by atoms with van der Waals surface area (Å²) in [7, 11) is -3.88. The number of amides is 1. The third-order valence-electron chi connectivity index (χ3n) is 2.01. The first-order chi connectivity index (χ1) is 7.77. The second-order valence-electron chi connectivity index (χ2n) is 4.28. The monoisotopic (exact) mass is 257 g/mol. The largest absolute Gasteiger partial charge is 0.389 e. The summed E-state index contributed by atoms with van der Waals surface area (Å²) in [4.78, 5) is 10.9. The van der Waals surface area contributed by atoms with Gasteiger partial charge in [-0.2, -0.15) is 0 Å². The van der Waals surface area contributed by atoms with E-state index in [-0.39, 0.29) is 17.9 Å². The van der Waals surface area contributed by atoms with E-state index < -0.39 is 15.6 Å². The van der Waals surface area contributed by atoms with E-state index in [1.165, 1.54) is 26.0 Å². The van der Waals surface area contributed by atoms with Gasteiger partial charge in [-0.25, -0.2) is 12.7 Å². The number of aliphatic hydroxyl groups is 1. The molecule has 0 spiro atoms. The van der Waals surface area contributed by atoms with Gasteiger partial charge in [-0.3, -0.25) is 4.79 Å². The minimum absolute atomic E-state index is 0.0244. The van der Waals surface area contributed by atoms with Crippen LogP contribution in [0.3, 0.4) is 0 Å². The topological polar surface area (TPSA) is 74.7 Å². The minimum atomic E-state index is -3.88. The first-order valence-electron chi connectivity index (χ1n) is 5.02. The molecule has 5 nitrogen and oxygen atoms in total. The molecule has 0 heterocycles. The quantitative estimate of drug-likeness (QED) is 0.784. The zero-order chi connectivity index (χ0) is 13.1. The molecule has 0 aromatic heterocycles. The lowest BCUT2D eigenvalue weighted by Gasteiger charge is -2.25. The number of hydrogen-bond donors (Lipinski definition) is 1. The average molecular weight is 257 g/mol. The third kappa shape index (κ3) is 3.54. The summed E-state index contributed by atoms with van der Waals surface area (Å²) in [6.07, 6.45) is 0.209. The van der Waals surface area contributed by atoms with E-state index in [1.54, 1.807) is 18.2 Å². The Balaban J connectivity index is 3.08. The lowest BCUT2D eigenvalue weighted by atomic mass is 10.1. The Labute approximate surface area is 101 Å². The van der Waals surface area contributed by atoms with E-state index in [1.807, 2.05) is 0 Å². The summed E-state index contributed by atoms with van der Waals surface area (Å²) in [5, 5.41) is 9.56. The molecule has 0 radical (unpaired) electrons. The molecule has 0 unspecified atom stereocenters. The highest BCUT2D eigenvalue weighted by Gasteiger charge is 2.27. The van der Waals surface area contributed by atoms with Crippen LogP contribution in [-0.4, -0.2) is 36.4 Å². The molecule has 1 aromatic rings. The van der Waals surface area contributed by atoms with Gasteiger partial charge in [-0.15, -0.1) is 0 Å².